The van der Waals surface area contributed by atoms with Gasteiger partial charge in [-0.3, -0.25) is 0 Å². The van der Waals surface area contributed by atoms with Crippen LogP contribution in [0.25, 0.3) is 17.3 Å². The summed E-state index contributed by atoms with van der Waals surface area (Å²) in [6, 6.07) is 11.8. The van der Waals surface area contributed by atoms with E-state index in [-0.39, 0.29) is 5.69 Å². The van der Waals surface area contributed by atoms with Crippen LogP contribution in [-0.4, -0.2) is 22.8 Å². The van der Waals surface area contributed by atoms with Crippen molar-refractivity contribution in [3.63, 3.8) is 0 Å². The highest BCUT2D eigenvalue weighted by atomic mass is 32.2. The van der Waals surface area contributed by atoms with Crippen molar-refractivity contribution in [2.24, 2.45) is 0 Å². The molecule has 0 spiro atoms. The zero-order valence-corrected chi connectivity index (χ0v) is 15.7. The van der Waals surface area contributed by atoms with Gasteiger partial charge in [0.2, 0.25) is 0 Å². The molecule has 0 aliphatic carbocycles. The first kappa shape index (κ1) is 17.7. The van der Waals surface area contributed by atoms with Gasteiger partial charge in [-0.1, -0.05) is 54.2 Å². The molecule has 1 aliphatic rings. The first-order valence-electron chi connectivity index (χ1n) is 8.50. The highest BCUT2D eigenvalue weighted by Gasteiger charge is 2.26. The van der Waals surface area contributed by atoms with Crippen molar-refractivity contribution in [3.8, 4) is 11.3 Å². The Morgan fingerprint density at radius 2 is 1.74 bits per heavy atom. The molecular weight excluding hydrogens is 364 g/mol. The largest absolute Gasteiger partial charge is 0.317 e. The minimum atomic E-state index is -0.613. The lowest BCUT2D eigenvalue weighted by atomic mass is 9.99. The van der Waals surface area contributed by atoms with Gasteiger partial charge < -0.3 is 4.90 Å². The lowest BCUT2D eigenvalue weighted by Gasteiger charge is -2.29. The van der Waals surface area contributed by atoms with Crippen LogP contribution in [-0.2, 0) is 0 Å². The Bertz CT molecular complexity index is 1030. The summed E-state index contributed by atoms with van der Waals surface area (Å²) < 4.78 is 28.9. The summed E-state index contributed by atoms with van der Waals surface area (Å²) in [6.45, 7) is 2.35. The molecule has 0 saturated heterocycles. The van der Waals surface area contributed by atoms with E-state index >= 15 is 0 Å². The van der Waals surface area contributed by atoms with E-state index in [9.17, 15) is 8.78 Å². The van der Waals surface area contributed by atoms with Crippen LogP contribution in [0.1, 0.15) is 11.1 Å². The fourth-order valence-electron chi connectivity index (χ4n) is 3.24. The van der Waals surface area contributed by atoms with Crippen molar-refractivity contribution >= 4 is 29.3 Å². The number of aryl methyl sites for hydroxylation is 1. The van der Waals surface area contributed by atoms with Crippen molar-refractivity contribution in [1.82, 2.24) is 9.97 Å². The molecule has 3 aromatic rings. The molecule has 136 valence electrons. The average molecular weight is 381 g/mol. The second kappa shape index (κ2) is 7.12. The van der Waals surface area contributed by atoms with Gasteiger partial charge in [-0.15, -0.1) is 0 Å². The van der Waals surface area contributed by atoms with Gasteiger partial charge in [-0.05, 0) is 30.9 Å². The third kappa shape index (κ3) is 3.10. The molecule has 0 radical (unpaired) electrons. The van der Waals surface area contributed by atoms with E-state index in [0.717, 1.165) is 22.4 Å². The van der Waals surface area contributed by atoms with Gasteiger partial charge in [-0.25, -0.2) is 18.7 Å². The highest BCUT2D eigenvalue weighted by Crippen LogP contribution is 2.39. The Labute approximate surface area is 160 Å². The Morgan fingerprint density at radius 3 is 2.44 bits per heavy atom. The first-order valence-corrected chi connectivity index (χ1v) is 9.72. The molecule has 0 atom stereocenters. The third-order valence-electron chi connectivity index (χ3n) is 4.52. The van der Waals surface area contributed by atoms with Crippen molar-refractivity contribution in [2.45, 2.75) is 12.1 Å². The highest BCUT2D eigenvalue weighted by molar-refractivity contribution is 7.98. The number of fused-ring (bicyclic) bond motifs is 1. The lowest BCUT2D eigenvalue weighted by Crippen LogP contribution is -2.25. The van der Waals surface area contributed by atoms with Crippen LogP contribution in [0.3, 0.4) is 0 Å². The number of rotatable bonds is 3. The number of nitrogens with zero attached hydrogens (tertiary/aromatic N) is 3. The molecule has 1 aliphatic heterocycles. The van der Waals surface area contributed by atoms with Crippen molar-refractivity contribution in [2.75, 3.05) is 17.7 Å². The smallest absolute Gasteiger partial charge is 0.189 e. The molecule has 6 heteroatoms. The molecule has 0 amide bonds. The number of halogens is 2. The molecule has 1 aromatic heterocycles. The van der Waals surface area contributed by atoms with Crippen LogP contribution in [0.4, 0.5) is 20.3 Å². The Morgan fingerprint density at radius 1 is 1.00 bits per heavy atom. The molecule has 4 rings (SSSR count). The van der Waals surface area contributed by atoms with Crippen LogP contribution >= 0.6 is 11.8 Å². The van der Waals surface area contributed by atoms with E-state index in [4.69, 9.17) is 4.98 Å². The van der Waals surface area contributed by atoms with Crippen molar-refractivity contribution in [3.05, 3.63) is 71.3 Å². The molecule has 0 saturated carbocycles. The van der Waals surface area contributed by atoms with E-state index in [0.29, 0.717) is 17.5 Å². The summed E-state index contributed by atoms with van der Waals surface area (Å²) in [6.07, 6.45) is 5.69. The predicted octanol–water partition coefficient (Wildman–Crippen LogP) is 5.62. The quantitative estimate of drug-likeness (QED) is 0.435. The average Bonchev–Trinajstić information content (AvgIpc) is 2.67. The fraction of sp³-hybridized carbons (Fsp3) is 0.143. The zero-order valence-electron chi connectivity index (χ0n) is 14.9. The molecule has 0 bridgehead atoms. The van der Waals surface area contributed by atoms with Crippen LogP contribution in [0.2, 0.25) is 0 Å². The number of para-hydroxylation sites is 1. The first-order chi connectivity index (χ1) is 13.1. The maximum atomic E-state index is 14.4. The number of thioether (sulfide) groups is 1. The molecule has 3 nitrogen and oxygen atoms in total. The monoisotopic (exact) mass is 381 g/mol. The van der Waals surface area contributed by atoms with Gasteiger partial charge in [0.25, 0.3) is 0 Å². The van der Waals surface area contributed by atoms with Crippen molar-refractivity contribution in [1.29, 1.82) is 0 Å². The van der Waals surface area contributed by atoms with Crippen LogP contribution in [0.5, 0.6) is 0 Å². The number of anilines is 2. The van der Waals surface area contributed by atoms with Crippen LogP contribution in [0, 0.1) is 18.6 Å². The maximum Gasteiger partial charge on any atom is 0.189 e. The summed E-state index contributed by atoms with van der Waals surface area (Å²) in [5, 5.41) is 0.559. The minimum Gasteiger partial charge on any atom is -0.317 e. The van der Waals surface area contributed by atoms with E-state index in [1.54, 1.807) is 4.90 Å². The van der Waals surface area contributed by atoms with Gasteiger partial charge in [0, 0.05) is 17.7 Å². The minimum absolute atomic E-state index is 0.0930. The molecule has 0 unspecified atom stereocenters. The number of benzene rings is 2. The number of hydrogen-bond acceptors (Lipinski definition) is 4. The summed E-state index contributed by atoms with van der Waals surface area (Å²) >= 11 is 1.40. The Hall–Kier alpha value is -2.73. The second-order valence-electron chi connectivity index (χ2n) is 6.19. The molecule has 2 aromatic carbocycles. The number of aromatic nitrogens is 2. The van der Waals surface area contributed by atoms with Gasteiger partial charge >= 0.3 is 0 Å². The van der Waals surface area contributed by atoms with Gasteiger partial charge in [0.05, 0.1) is 5.69 Å². The summed E-state index contributed by atoms with van der Waals surface area (Å²) in [5.74, 6) is -0.713. The fourth-order valence-corrected chi connectivity index (χ4v) is 3.60. The normalized spacial score (nSPS) is 13.0. The maximum absolute atomic E-state index is 14.4. The van der Waals surface area contributed by atoms with Crippen molar-refractivity contribution < 1.29 is 8.78 Å². The van der Waals surface area contributed by atoms with Gasteiger partial charge in [-0.2, -0.15) is 0 Å². The molecule has 27 heavy (non-hydrogen) atoms. The summed E-state index contributed by atoms with van der Waals surface area (Å²) in [7, 11) is 0. The van der Waals surface area contributed by atoms with E-state index in [2.05, 4.69) is 4.98 Å². The molecule has 0 N–H and O–H groups in total. The standard InChI is InChI=1S/C21H17F2N3S/c1-13-7-3-4-8-14(13)18-15-9-6-12-26(20(15)25-21(24-18)27-2)19-16(22)10-5-11-17(19)23/h3-11H,12H2,1-2H3. The van der Waals surface area contributed by atoms with E-state index in [1.807, 2.05) is 49.6 Å². The Kier molecular flexibility index (Phi) is 4.66. The van der Waals surface area contributed by atoms with Crippen LogP contribution < -0.4 is 4.90 Å². The topological polar surface area (TPSA) is 29.0 Å². The SMILES string of the molecule is CSc1nc(-c2ccccc2C)c2c(n1)N(c1c(F)cccc1F)CC=C2. The molecule has 2 heterocycles. The van der Waals surface area contributed by atoms with Gasteiger partial charge in [0.15, 0.2) is 5.16 Å². The van der Waals surface area contributed by atoms with Gasteiger partial charge in [0.1, 0.15) is 23.1 Å². The molecule has 0 fully saturated rings. The van der Waals surface area contributed by atoms with E-state index in [1.165, 1.54) is 30.0 Å². The number of hydrogen-bond donors (Lipinski definition) is 0. The second-order valence-corrected chi connectivity index (χ2v) is 6.97. The van der Waals surface area contributed by atoms with E-state index < -0.39 is 11.6 Å². The molecular formula is C21H17F2N3S. The third-order valence-corrected chi connectivity index (χ3v) is 5.07. The summed E-state index contributed by atoms with van der Waals surface area (Å²) in [4.78, 5) is 10.8. The summed E-state index contributed by atoms with van der Waals surface area (Å²) in [5.41, 5.74) is 3.49. The Balaban J connectivity index is 1.98. The van der Waals surface area contributed by atoms with Crippen LogP contribution in [0.15, 0.2) is 53.7 Å². The zero-order chi connectivity index (χ0) is 19.0. The lowest BCUT2D eigenvalue weighted by molar-refractivity contribution is 0.581. The predicted molar refractivity (Wildman–Crippen MR) is 106 cm³/mol.